The van der Waals surface area contributed by atoms with E-state index in [0.717, 1.165) is 19.5 Å². The molecule has 2 aromatic rings. The highest BCUT2D eigenvalue weighted by Gasteiger charge is 2.07. The Bertz CT molecular complexity index is 579. The molecule has 0 aromatic carbocycles. The Labute approximate surface area is 118 Å². The molecule has 19 heavy (non-hydrogen) atoms. The molecule has 7 nitrogen and oxygen atoms in total. The SMILES string of the molecule is CCn1ncc(NCCCn2ccnn2)c(Br)c1=O. The van der Waals surface area contributed by atoms with Gasteiger partial charge in [-0.25, -0.2) is 4.68 Å². The number of aromatic nitrogens is 5. The second-order valence-corrected chi connectivity index (χ2v) is 4.73. The Morgan fingerprint density at radius 1 is 1.47 bits per heavy atom. The minimum Gasteiger partial charge on any atom is -0.383 e. The van der Waals surface area contributed by atoms with Gasteiger partial charge in [-0.1, -0.05) is 5.21 Å². The highest BCUT2D eigenvalue weighted by molar-refractivity contribution is 9.10. The number of hydrogen-bond donors (Lipinski definition) is 1. The molecule has 1 N–H and O–H groups in total. The van der Waals surface area contributed by atoms with Crippen LogP contribution in [0.15, 0.2) is 27.9 Å². The van der Waals surface area contributed by atoms with E-state index in [0.29, 0.717) is 16.7 Å². The molecular formula is C11H15BrN6O. The van der Waals surface area contributed by atoms with E-state index >= 15 is 0 Å². The molecule has 0 radical (unpaired) electrons. The highest BCUT2D eigenvalue weighted by atomic mass is 79.9. The molecule has 0 aliphatic carbocycles. The maximum atomic E-state index is 11.8. The Morgan fingerprint density at radius 3 is 3.00 bits per heavy atom. The van der Waals surface area contributed by atoms with Crippen molar-refractivity contribution in [3.05, 3.63) is 33.4 Å². The van der Waals surface area contributed by atoms with Gasteiger partial charge >= 0.3 is 0 Å². The number of nitrogens with zero attached hydrogens (tertiary/aromatic N) is 5. The van der Waals surface area contributed by atoms with Crippen molar-refractivity contribution in [2.75, 3.05) is 11.9 Å². The second-order valence-electron chi connectivity index (χ2n) is 3.94. The molecule has 0 aliphatic rings. The summed E-state index contributed by atoms with van der Waals surface area (Å²) in [6.45, 7) is 3.95. The Hall–Kier alpha value is -1.70. The molecule has 2 rings (SSSR count). The molecule has 0 saturated heterocycles. The van der Waals surface area contributed by atoms with Crippen LogP contribution in [-0.2, 0) is 13.1 Å². The van der Waals surface area contributed by atoms with Gasteiger partial charge in [-0.3, -0.25) is 9.48 Å². The summed E-state index contributed by atoms with van der Waals surface area (Å²) < 4.78 is 3.69. The van der Waals surface area contributed by atoms with Gasteiger partial charge in [0.05, 0.1) is 18.1 Å². The molecule has 0 aliphatic heterocycles. The van der Waals surface area contributed by atoms with E-state index in [4.69, 9.17) is 0 Å². The lowest BCUT2D eigenvalue weighted by atomic mass is 10.4. The van der Waals surface area contributed by atoms with Crippen molar-refractivity contribution in [1.29, 1.82) is 0 Å². The van der Waals surface area contributed by atoms with Crippen LogP contribution in [0, 0.1) is 0 Å². The highest BCUT2D eigenvalue weighted by Crippen LogP contribution is 2.15. The Balaban J connectivity index is 1.89. The summed E-state index contributed by atoms with van der Waals surface area (Å²) in [6.07, 6.45) is 6.01. The summed E-state index contributed by atoms with van der Waals surface area (Å²) in [5.74, 6) is 0. The minimum atomic E-state index is -0.122. The fourth-order valence-corrected chi connectivity index (χ4v) is 2.08. The van der Waals surface area contributed by atoms with Crippen LogP contribution in [0.5, 0.6) is 0 Å². The van der Waals surface area contributed by atoms with E-state index in [1.54, 1.807) is 17.1 Å². The quantitative estimate of drug-likeness (QED) is 0.805. The molecule has 0 atom stereocenters. The number of halogens is 1. The van der Waals surface area contributed by atoms with Gasteiger partial charge < -0.3 is 5.32 Å². The largest absolute Gasteiger partial charge is 0.383 e. The molecule has 0 bridgehead atoms. The van der Waals surface area contributed by atoms with Gasteiger partial charge in [-0.2, -0.15) is 5.10 Å². The fourth-order valence-electron chi connectivity index (χ4n) is 1.63. The first-order chi connectivity index (χ1) is 9.22. The van der Waals surface area contributed by atoms with Gasteiger partial charge in [0.1, 0.15) is 4.47 Å². The normalized spacial score (nSPS) is 10.6. The number of rotatable bonds is 6. The van der Waals surface area contributed by atoms with Crippen LogP contribution in [-0.4, -0.2) is 31.3 Å². The molecule has 102 valence electrons. The minimum absolute atomic E-state index is 0.122. The molecule has 0 amide bonds. The number of anilines is 1. The van der Waals surface area contributed by atoms with Crippen molar-refractivity contribution in [2.24, 2.45) is 0 Å². The van der Waals surface area contributed by atoms with Crippen LogP contribution in [0.3, 0.4) is 0 Å². The first-order valence-corrected chi connectivity index (χ1v) is 6.85. The van der Waals surface area contributed by atoms with Crippen LogP contribution in [0.2, 0.25) is 0 Å². The van der Waals surface area contributed by atoms with Gasteiger partial charge in [0.2, 0.25) is 0 Å². The van der Waals surface area contributed by atoms with Gasteiger partial charge in [-0.05, 0) is 29.3 Å². The Kier molecular flexibility index (Phi) is 4.67. The molecule has 8 heteroatoms. The smallest absolute Gasteiger partial charge is 0.283 e. The zero-order valence-electron chi connectivity index (χ0n) is 10.6. The van der Waals surface area contributed by atoms with E-state index in [9.17, 15) is 4.79 Å². The average molecular weight is 327 g/mol. The van der Waals surface area contributed by atoms with Gasteiger partial charge in [0.15, 0.2) is 0 Å². The predicted octanol–water partition coefficient (Wildman–Crippen LogP) is 1.12. The summed E-state index contributed by atoms with van der Waals surface area (Å²) in [4.78, 5) is 11.8. The fraction of sp³-hybridized carbons (Fsp3) is 0.455. The summed E-state index contributed by atoms with van der Waals surface area (Å²) in [5.41, 5.74) is 0.595. The number of hydrogen-bond acceptors (Lipinski definition) is 5. The van der Waals surface area contributed by atoms with Crippen molar-refractivity contribution >= 4 is 21.6 Å². The third-order valence-electron chi connectivity index (χ3n) is 2.64. The molecule has 0 fully saturated rings. The summed E-state index contributed by atoms with van der Waals surface area (Å²) >= 11 is 3.30. The predicted molar refractivity (Wildman–Crippen MR) is 75.0 cm³/mol. The maximum absolute atomic E-state index is 11.8. The lowest BCUT2D eigenvalue weighted by molar-refractivity contribution is 0.569. The van der Waals surface area contributed by atoms with Crippen molar-refractivity contribution in [3.8, 4) is 0 Å². The first-order valence-electron chi connectivity index (χ1n) is 6.06. The van der Waals surface area contributed by atoms with Crippen molar-refractivity contribution in [3.63, 3.8) is 0 Å². The van der Waals surface area contributed by atoms with E-state index in [2.05, 4.69) is 36.7 Å². The average Bonchev–Trinajstić information content (AvgIpc) is 2.92. The van der Waals surface area contributed by atoms with Crippen LogP contribution >= 0.6 is 15.9 Å². The van der Waals surface area contributed by atoms with Crippen LogP contribution in [0.4, 0.5) is 5.69 Å². The topological polar surface area (TPSA) is 77.6 Å². The van der Waals surface area contributed by atoms with Crippen molar-refractivity contribution in [2.45, 2.75) is 26.4 Å². The van der Waals surface area contributed by atoms with Crippen LogP contribution < -0.4 is 10.9 Å². The monoisotopic (exact) mass is 326 g/mol. The number of aryl methyl sites for hydroxylation is 2. The molecule has 2 heterocycles. The van der Waals surface area contributed by atoms with Crippen molar-refractivity contribution in [1.82, 2.24) is 24.8 Å². The molecule has 2 aromatic heterocycles. The summed E-state index contributed by atoms with van der Waals surface area (Å²) in [7, 11) is 0. The third-order valence-corrected chi connectivity index (χ3v) is 3.40. The van der Waals surface area contributed by atoms with Gasteiger partial charge in [0, 0.05) is 25.8 Å². The third kappa shape index (κ3) is 3.40. The first kappa shape index (κ1) is 13.7. The maximum Gasteiger partial charge on any atom is 0.283 e. The second kappa shape index (κ2) is 6.46. The van der Waals surface area contributed by atoms with Crippen LogP contribution in [0.1, 0.15) is 13.3 Å². The van der Waals surface area contributed by atoms with E-state index < -0.39 is 0 Å². The van der Waals surface area contributed by atoms with E-state index in [-0.39, 0.29) is 5.56 Å². The van der Waals surface area contributed by atoms with E-state index in [1.807, 2.05) is 13.1 Å². The van der Waals surface area contributed by atoms with Gasteiger partial charge in [0.25, 0.3) is 5.56 Å². The zero-order chi connectivity index (χ0) is 13.7. The standard InChI is InChI=1S/C11H15BrN6O/c1-2-18-11(19)10(12)9(8-15-18)13-4-3-6-17-7-5-14-16-17/h5,7-8,13H,2-4,6H2,1H3. The lowest BCUT2D eigenvalue weighted by Crippen LogP contribution is -2.23. The van der Waals surface area contributed by atoms with Crippen molar-refractivity contribution < 1.29 is 0 Å². The van der Waals surface area contributed by atoms with Crippen LogP contribution in [0.25, 0.3) is 0 Å². The summed E-state index contributed by atoms with van der Waals surface area (Å²) in [6, 6.07) is 0. The zero-order valence-corrected chi connectivity index (χ0v) is 12.2. The molecule has 0 spiro atoms. The molecule has 0 unspecified atom stereocenters. The number of nitrogens with one attached hydrogen (secondary N) is 1. The van der Waals surface area contributed by atoms with Gasteiger partial charge in [-0.15, -0.1) is 5.10 Å². The van der Waals surface area contributed by atoms with E-state index in [1.165, 1.54) is 4.68 Å². The Morgan fingerprint density at radius 2 is 2.32 bits per heavy atom. The molecule has 0 saturated carbocycles. The molecular weight excluding hydrogens is 312 g/mol. The summed E-state index contributed by atoms with van der Waals surface area (Å²) in [5, 5.41) is 14.9. The lowest BCUT2D eigenvalue weighted by Gasteiger charge is -2.09.